The minimum absolute atomic E-state index is 0.199. The molecule has 3 rings (SSSR count). The highest BCUT2D eigenvalue weighted by molar-refractivity contribution is 6.42. The molecule has 1 aromatic carbocycles. The molecule has 0 aliphatic carbocycles. The number of benzene rings is 1. The van der Waals surface area contributed by atoms with Crippen molar-refractivity contribution in [2.45, 2.75) is 20.0 Å². The zero-order chi connectivity index (χ0) is 21.1. The second kappa shape index (κ2) is 8.63. The molecule has 6 nitrogen and oxygen atoms in total. The number of nitrogens with zero attached hydrogens (tertiary/aromatic N) is 2. The largest absolute Gasteiger partial charge is 0.477 e. The van der Waals surface area contributed by atoms with Crippen molar-refractivity contribution in [2.75, 3.05) is 5.32 Å². The van der Waals surface area contributed by atoms with Crippen LogP contribution in [0.2, 0.25) is 10.0 Å². The van der Waals surface area contributed by atoms with Gasteiger partial charge in [-0.05, 0) is 31.2 Å². The highest BCUT2D eigenvalue weighted by Crippen LogP contribution is 2.30. The Bertz CT molecular complexity index is 1130. The molecule has 0 atom stereocenters. The second-order valence-electron chi connectivity index (χ2n) is 6.12. The normalized spacial score (nSPS) is 10.8. The van der Waals surface area contributed by atoms with Gasteiger partial charge in [-0.15, -0.1) is 0 Å². The Morgan fingerprint density at radius 1 is 1.21 bits per heavy atom. The molecule has 29 heavy (non-hydrogen) atoms. The first-order valence-electron chi connectivity index (χ1n) is 8.62. The summed E-state index contributed by atoms with van der Waals surface area (Å²) in [6.07, 6.45) is 1.33. The van der Waals surface area contributed by atoms with Gasteiger partial charge in [0, 0.05) is 23.9 Å². The number of carboxylic acid groups (broad SMARTS) is 1. The van der Waals surface area contributed by atoms with Gasteiger partial charge in [-0.25, -0.2) is 9.78 Å². The van der Waals surface area contributed by atoms with Crippen LogP contribution < -0.4 is 10.7 Å². The monoisotopic (exact) mass is 435 g/mol. The third kappa shape index (κ3) is 4.41. The van der Waals surface area contributed by atoms with E-state index in [-0.39, 0.29) is 22.8 Å². The average molecular weight is 436 g/mol. The lowest BCUT2D eigenvalue weighted by molar-refractivity contribution is 0.0695. The fraction of sp³-hybridized carbons (Fsp3) is 0.150. The Morgan fingerprint density at radius 2 is 1.97 bits per heavy atom. The van der Waals surface area contributed by atoms with Crippen molar-refractivity contribution in [1.29, 1.82) is 0 Å². The van der Waals surface area contributed by atoms with Gasteiger partial charge in [0.15, 0.2) is 5.43 Å². The number of aromatic carboxylic acids is 1. The highest BCUT2D eigenvalue weighted by atomic mass is 35.5. The van der Waals surface area contributed by atoms with Crippen molar-refractivity contribution < 1.29 is 14.3 Å². The van der Waals surface area contributed by atoms with E-state index in [2.05, 4.69) is 10.3 Å². The summed E-state index contributed by atoms with van der Waals surface area (Å²) >= 11 is 12.1. The van der Waals surface area contributed by atoms with E-state index in [1.165, 1.54) is 30.5 Å². The first kappa shape index (κ1) is 20.8. The van der Waals surface area contributed by atoms with Crippen LogP contribution in [0.25, 0.3) is 11.3 Å². The number of nitrogens with one attached hydrogen (secondary N) is 1. The van der Waals surface area contributed by atoms with Crippen LogP contribution in [0.5, 0.6) is 0 Å². The summed E-state index contributed by atoms with van der Waals surface area (Å²) in [5, 5.41) is 13.3. The van der Waals surface area contributed by atoms with E-state index in [0.29, 0.717) is 28.5 Å². The summed E-state index contributed by atoms with van der Waals surface area (Å²) in [5.74, 6) is -1.94. The Balaban J connectivity index is 2.14. The molecule has 0 amide bonds. The van der Waals surface area contributed by atoms with Crippen LogP contribution in [0, 0.1) is 5.95 Å². The van der Waals surface area contributed by atoms with Gasteiger partial charge in [-0.1, -0.05) is 29.3 Å². The van der Waals surface area contributed by atoms with Crippen molar-refractivity contribution in [3.63, 3.8) is 0 Å². The summed E-state index contributed by atoms with van der Waals surface area (Å²) in [5.41, 5.74) is 0.823. The maximum absolute atomic E-state index is 13.0. The van der Waals surface area contributed by atoms with Crippen LogP contribution in [0.15, 0.2) is 47.4 Å². The van der Waals surface area contributed by atoms with Crippen LogP contribution in [-0.4, -0.2) is 20.6 Å². The maximum Gasteiger partial charge on any atom is 0.341 e. The lowest BCUT2D eigenvalue weighted by atomic mass is 10.0. The van der Waals surface area contributed by atoms with E-state index in [1.807, 2.05) is 6.92 Å². The van der Waals surface area contributed by atoms with Gasteiger partial charge in [0.05, 0.1) is 34.2 Å². The van der Waals surface area contributed by atoms with Crippen LogP contribution in [0.3, 0.4) is 0 Å². The zero-order valence-corrected chi connectivity index (χ0v) is 16.8. The van der Waals surface area contributed by atoms with Gasteiger partial charge < -0.3 is 15.0 Å². The van der Waals surface area contributed by atoms with E-state index in [1.54, 1.807) is 16.7 Å². The molecule has 3 aromatic rings. The first-order valence-corrected chi connectivity index (χ1v) is 9.38. The maximum atomic E-state index is 13.0. The van der Waals surface area contributed by atoms with Crippen LogP contribution in [0.1, 0.15) is 23.0 Å². The third-order valence-corrected chi connectivity index (χ3v) is 5.06. The summed E-state index contributed by atoms with van der Waals surface area (Å²) in [6, 6.07) is 8.69. The fourth-order valence-electron chi connectivity index (χ4n) is 3.03. The number of carbonyl (C=O) groups is 1. The van der Waals surface area contributed by atoms with Gasteiger partial charge in [0.1, 0.15) is 5.56 Å². The van der Waals surface area contributed by atoms with Crippen LogP contribution >= 0.6 is 23.2 Å². The molecule has 0 radical (unpaired) electrons. The lowest BCUT2D eigenvalue weighted by Crippen LogP contribution is -2.24. The SMILES string of the molecule is CCn1c(CNc2ccc(F)nc2)cc(=O)c(C(=O)O)c1-c1ccc(Cl)c(Cl)c1. The standard InChI is InChI=1S/C20H16Cl2FN3O3/c1-2-26-13(10-24-12-4-6-17(23)25-9-12)8-16(27)18(20(28)29)19(26)11-3-5-14(21)15(22)7-11/h3-9,24H,2,10H2,1H3,(H,28,29). The van der Waals surface area contributed by atoms with Crippen molar-refractivity contribution in [3.05, 3.63) is 80.1 Å². The van der Waals surface area contributed by atoms with Crippen molar-refractivity contribution in [3.8, 4) is 11.3 Å². The number of hydrogen-bond donors (Lipinski definition) is 2. The fourth-order valence-corrected chi connectivity index (χ4v) is 3.33. The molecule has 0 aliphatic heterocycles. The number of hydrogen-bond acceptors (Lipinski definition) is 4. The summed E-state index contributed by atoms with van der Waals surface area (Å²) in [4.78, 5) is 28.0. The Labute approximate surface area is 175 Å². The van der Waals surface area contributed by atoms with Crippen molar-refractivity contribution in [2.24, 2.45) is 0 Å². The highest BCUT2D eigenvalue weighted by Gasteiger charge is 2.22. The first-order chi connectivity index (χ1) is 13.8. The number of rotatable bonds is 6. The number of pyridine rings is 2. The molecular formula is C20H16Cl2FN3O3. The summed E-state index contributed by atoms with van der Waals surface area (Å²) in [6.45, 7) is 2.43. The van der Waals surface area contributed by atoms with E-state index in [0.717, 1.165) is 0 Å². The number of halogens is 3. The number of carboxylic acids is 1. The van der Waals surface area contributed by atoms with Crippen molar-refractivity contribution >= 4 is 34.9 Å². The number of aromatic nitrogens is 2. The zero-order valence-electron chi connectivity index (χ0n) is 15.2. The molecule has 0 bridgehead atoms. The Hall–Kier alpha value is -2.90. The molecule has 2 aromatic heterocycles. The molecule has 0 fully saturated rings. The van der Waals surface area contributed by atoms with Gasteiger partial charge in [0.2, 0.25) is 5.95 Å². The predicted molar refractivity (Wildman–Crippen MR) is 110 cm³/mol. The molecule has 150 valence electrons. The minimum atomic E-state index is -1.33. The third-order valence-electron chi connectivity index (χ3n) is 4.32. The second-order valence-corrected chi connectivity index (χ2v) is 6.94. The minimum Gasteiger partial charge on any atom is -0.477 e. The number of anilines is 1. The average Bonchev–Trinajstić information content (AvgIpc) is 2.68. The van der Waals surface area contributed by atoms with E-state index in [9.17, 15) is 19.1 Å². The molecule has 0 unspecified atom stereocenters. The molecule has 0 spiro atoms. The summed E-state index contributed by atoms with van der Waals surface area (Å²) in [7, 11) is 0. The Morgan fingerprint density at radius 3 is 2.55 bits per heavy atom. The summed E-state index contributed by atoms with van der Waals surface area (Å²) < 4.78 is 14.7. The molecule has 2 N–H and O–H groups in total. The smallest absolute Gasteiger partial charge is 0.341 e. The van der Waals surface area contributed by atoms with E-state index < -0.39 is 17.3 Å². The molecule has 2 heterocycles. The molecule has 0 saturated heterocycles. The topological polar surface area (TPSA) is 84.2 Å². The van der Waals surface area contributed by atoms with Crippen LogP contribution in [-0.2, 0) is 13.1 Å². The molecular weight excluding hydrogens is 420 g/mol. The van der Waals surface area contributed by atoms with Gasteiger partial charge >= 0.3 is 5.97 Å². The van der Waals surface area contributed by atoms with Gasteiger partial charge in [-0.3, -0.25) is 4.79 Å². The van der Waals surface area contributed by atoms with Crippen LogP contribution in [0.4, 0.5) is 10.1 Å². The molecule has 0 saturated carbocycles. The molecule has 9 heteroatoms. The van der Waals surface area contributed by atoms with E-state index in [4.69, 9.17) is 23.2 Å². The van der Waals surface area contributed by atoms with Crippen molar-refractivity contribution in [1.82, 2.24) is 9.55 Å². The van der Waals surface area contributed by atoms with Gasteiger partial charge in [0.25, 0.3) is 0 Å². The Kier molecular flexibility index (Phi) is 6.20. The molecule has 0 aliphatic rings. The lowest BCUT2D eigenvalue weighted by Gasteiger charge is -2.20. The van der Waals surface area contributed by atoms with E-state index >= 15 is 0 Å². The quantitative estimate of drug-likeness (QED) is 0.548. The predicted octanol–water partition coefficient (Wildman–Crippen LogP) is 4.69. The van der Waals surface area contributed by atoms with Gasteiger partial charge in [-0.2, -0.15) is 4.39 Å².